The molecule has 10 heteroatoms. The fraction of sp³-hybridized carbons (Fsp3) is 0.318. The fourth-order valence-electron chi connectivity index (χ4n) is 3.83. The number of carbonyl (C=O) groups excluding carboxylic acids is 2. The first kappa shape index (κ1) is 22.0. The lowest BCUT2D eigenvalue weighted by Gasteiger charge is -2.31. The van der Waals surface area contributed by atoms with Gasteiger partial charge < -0.3 is 9.73 Å². The normalized spacial score (nSPS) is 17.4. The summed E-state index contributed by atoms with van der Waals surface area (Å²) < 4.78 is 34.1. The van der Waals surface area contributed by atoms with E-state index in [-0.39, 0.29) is 28.7 Å². The molecule has 2 aromatic carbocycles. The summed E-state index contributed by atoms with van der Waals surface area (Å²) in [6, 6.07) is 10.9. The standard InChI is InChI=1S/C22H23N3O6S/c1-14(26)15-5-7-17(8-6-15)23-21(27)16-4-3-11-25(13-16)32(29,30)18-9-10-19-20(12-18)31-22(28)24(19)2/h5-10,12,16H,3-4,11,13H2,1-2H3,(H,23,27). The summed E-state index contributed by atoms with van der Waals surface area (Å²) in [5.41, 5.74) is 1.79. The molecule has 0 radical (unpaired) electrons. The molecule has 1 unspecified atom stereocenters. The van der Waals surface area contributed by atoms with Gasteiger partial charge in [0, 0.05) is 37.5 Å². The van der Waals surface area contributed by atoms with Crippen molar-refractivity contribution in [2.24, 2.45) is 13.0 Å². The minimum absolute atomic E-state index is 0.0141. The van der Waals surface area contributed by atoms with Crippen molar-refractivity contribution in [3.63, 3.8) is 0 Å². The lowest BCUT2D eigenvalue weighted by atomic mass is 9.98. The van der Waals surface area contributed by atoms with Crippen molar-refractivity contribution in [1.82, 2.24) is 8.87 Å². The van der Waals surface area contributed by atoms with Gasteiger partial charge in [-0.2, -0.15) is 4.31 Å². The van der Waals surface area contributed by atoms with E-state index in [0.717, 1.165) is 0 Å². The average molecular weight is 458 g/mol. The van der Waals surface area contributed by atoms with Gasteiger partial charge >= 0.3 is 5.76 Å². The first-order chi connectivity index (χ1) is 15.2. The van der Waals surface area contributed by atoms with Crippen LogP contribution in [0.3, 0.4) is 0 Å². The van der Waals surface area contributed by atoms with Crippen LogP contribution in [0.25, 0.3) is 11.1 Å². The number of benzene rings is 2. The number of nitrogens with one attached hydrogen (secondary N) is 1. The number of amides is 1. The van der Waals surface area contributed by atoms with Gasteiger partial charge in [0.25, 0.3) is 0 Å². The highest BCUT2D eigenvalue weighted by molar-refractivity contribution is 7.89. The molecule has 1 saturated heterocycles. The summed E-state index contributed by atoms with van der Waals surface area (Å²) in [6.45, 7) is 1.82. The van der Waals surface area contributed by atoms with E-state index < -0.39 is 21.7 Å². The van der Waals surface area contributed by atoms with Gasteiger partial charge in [-0.05, 0) is 56.2 Å². The smallest absolute Gasteiger partial charge is 0.408 e. The summed E-state index contributed by atoms with van der Waals surface area (Å²) >= 11 is 0. The number of aromatic nitrogens is 1. The number of piperidine rings is 1. The summed E-state index contributed by atoms with van der Waals surface area (Å²) in [4.78, 5) is 35.9. The molecule has 1 N–H and O–H groups in total. The first-order valence-electron chi connectivity index (χ1n) is 10.2. The molecule has 1 aliphatic heterocycles. The third-order valence-corrected chi connectivity index (χ3v) is 7.58. The van der Waals surface area contributed by atoms with E-state index in [1.54, 1.807) is 31.3 Å². The average Bonchev–Trinajstić information content (AvgIpc) is 3.07. The van der Waals surface area contributed by atoms with Crippen LogP contribution in [0.5, 0.6) is 0 Å². The topological polar surface area (TPSA) is 119 Å². The number of hydrogen-bond donors (Lipinski definition) is 1. The van der Waals surface area contributed by atoms with Crippen molar-refractivity contribution in [2.75, 3.05) is 18.4 Å². The molecule has 0 saturated carbocycles. The molecule has 32 heavy (non-hydrogen) atoms. The Morgan fingerprint density at radius 2 is 1.84 bits per heavy atom. The van der Waals surface area contributed by atoms with Gasteiger partial charge in [-0.15, -0.1) is 0 Å². The van der Waals surface area contributed by atoms with E-state index in [2.05, 4.69) is 5.32 Å². The minimum Gasteiger partial charge on any atom is -0.408 e. The van der Waals surface area contributed by atoms with E-state index in [1.165, 1.54) is 34.0 Å². The van der Waals surface area contributed by atoms with Gasteiger partial charge in [0.05, 0.1) is 16.3 Å². The highest BCUT2D eigenvalue weighted by atomic mass is 32.2. The Kier molecular flexibility index (Phi) is 5.74. The van der Waals surface area contributed by atoms with Gasteiger partial charge in [0.15, 0.2) is 11.4 Å². The highest BCUT2D eigenvalue weighted by Crippen LogP contribution is 2.27. The van der Waals surface area contributed by atoms with Crippen LogP contribution in [-0.2, 0) is 21.9 Å². The molecule has 0 aliphatic carbocycles. The maximum Gasteiger partial charge on any atom is 0.419 e. The molecule has 1 fully saturated rings. The van der Waals surface area contributed by atoms with Gasteiger partial charge in [0.2, 0.25) is 15.9 Å². The monoisotopic (exact) mass is 457 g/mol. The maximum atomic E-state index is 13.2. The predicted octanol–water partition coefficient (Wildman–Crippen LogP) is 2.37. The second-order valence-electron chi connectivity index (χ2n) is 7.88. The molecule has 168 valence electrons. The number of oxazole rings is 1. The van der Waals surface area contributed by atoms with Crippen LogP contribution in [0.15, 0.2) is 56.6 Å². The molecular weight excluding hydrogens is 434 g/mol. The van der Waals surface area contributed by atoms with Crippen molar-refractivity contribution >= 4 is 38.5 Å². The highest BCUT2D eigenvalue weighted by Gasteiger charge is 2.33. The Morgan fingerprint density at radius 3 is 2.53 bits per heavy atom. The van der Waals surface area contributed by atoms with Crippen LogP contribution < -0.4 is 11.1 Å². The van der Waals surface area contributed by atoms with Crippen LogP contribution in [0.1, 0.15) is 30.1 Å². The molecule has 1 aliphatic rings. The molecule has 4 rings (SSSR count). The molecule has 9 nitrogen and oxygen atoms in total. The number of nitrogens with zero attached hydrogens (tertiary/aromatic N) is 2. The number of anilines is 1. The minimum atomic E-state index is -3.87. The van der Waals surface area contributed by atoms with Crippen molar-refractivity contribution in [3.8, 4) is 0 Å². The van der Waals surface area contributed by atoms with Crippen LogP contribution in [-0.4, -0.2) is 42.1 Å². The SMILES string of the molecule is CC(=O)c1ccc(NC(=O)C2CCCN(S(=O)(=O)c3ccc4c(c3)oc(=O)n4C)C2)cc1. The molecule has 1 atom stereocenters. The zero-order valence-corrected chi connectivity index (χ0v) is 18.5. The second kappa shape index (κ2) is 8.36. The van der Waals surface area contributed by atoms with E-state index in [0.29, 0.717) is 36.2 Å². The lowest BCUT2D eigenvalue weighted by molar-refractivity contribution is -0.120. The Balaban J connectivity index is 1.50. The number of sulfonamides is 1. The third-order valence-electron chi connectivity index (χ3n) is 5.72. The van der Waals surface area contributed by atoms with E-state index in [1.807, 2.05) is 0 Å². The zero-order valence-electron chi connectivity index (χ0n) is 17.7. The number of Topliss-reactive ketones (excluding diaryl/α,β-unsaturated/α-hetero) is 1. The molecule has 1 amide bonds. The molecular formula is C22H23N3O6S. The number of rotatable bonds is 5. The van der Waals surface area contributed by atoms with E-state index >= 15 is 0 Å². The number of hydrogen-bond acceptors (Lipinski definition) is 6. The fourth-order valence-corrected chi connectivity index (χ4v) is 5.37. The first-order valence-corrected chi connectivity index (χ1v) is 11.6. The molecule has 2 heterocycles. The van der Waals surface area contributed by atoms with E-state index in [9.17, 15) is 22.8 Å². The number of fused-ring (bicyclic) bond motifs is 1. The van der Waals surface area contributed by atoms with Crippen LogP contribution >= 0.6 is 0 Å². The quantitative estimate of drug-likeness (QED) is 0.588. The molecule has 3 aromatic rings. The predicted molar refractivity (Wildman–Crippen MR) is 118 cm³/mol. The zero-order chi connectivity index (χ0) is 23.0. The maximum absolute atomic E-state index is 13.2. The van der Waals surface area contributed by atoms with Crippen molar-refractivity contribution < 1.29 is 22.4 Å². The molecule has 0 spiro atoms. The summed E-state index contributed by atoms with van der Waals surface area (Å²) in [7, 11) is -2.32. The largest absolute Gasteiger partial charge is 0.419 e. The Labute approximate surface area is 184 Å². The van der Waals surface area contributed by atoms with Crippen LogP contribution in [0, 0.1) is 5.92 Å². The van der Waals surface area contributed by atoms with E-state index in [4.69, 9.17) is 4.42 Å². The van der Waals surface area contributed by atoms with Gasteiger partial charge in [0.1, 0.15) is 0 Å². The van der Waals surface area contributed by atoms with Crippen LogP contribution in [0.4, 0.5) is 5.69 Å². The van der Waals surface area contributed by atoms with Crippen LogP contribution in [0.2, 0.25) is 0 Å². The Hall–Kier alpha value is -3.24. The van der Waals surface area contributed by atoms with Crippen molar-refractivity contribution in [2.45, 2.75) is 24.7 Å². The number of carbonyl (C=O) groups is 2. The second-order valence-corrected chi connectivity index (χ2v) is 9.82. The summed E-state index contributed by atoms with van der Waals surface area (Å²) in [5, 5.41) is 2.80. The van der Waals surface area contributed by atoms with Crippen molar-refractivity contribution in [1.29, 1.82) is 0 Å². The van der Waals surface area contributed by atoms with Gasteiger partial charge in [-0.3, -0.25) is 14.2 Å². The Bertz CT molecular complexity index is 1350. The lowest BCUT2D eigenvalue weighted by Crippen LogP contribution is -2.43. The summed E-state index contributed by atoms with van der Waals surface area (Å²) in [5.74, 6) is -1.42. The molecule has 1 aromatic heterocycles. The van der Waals surface area contributed by atoms with Crippen molar-refractivity contribution in [3.05, 3.63) is 58.6 Å². The van der Waals surface area contributed by atoms with Gasteiger partial charge in [-0.1, -0.05) is 0 Å². The third kappa shape index (κ3) is 4.11. The van der Waals surface area contributed by atoms with Gasteiger partial charge in [-0.25, -0.2) is 13.2 Å². The summed E-state index contributed by atoms with van der Waals surface area (Å²) in [6.07, 6.45) is 1.11. The molecule has 0 bridgehead atoms. The Morgan fingerprint density at radius 1 is 1.12 bits per heavy atom. The number of aryl methyl sites for hydroxylation is 1. The number of ketones is 1.